The molecule has 0 aliphatic heterocycles. The summed E-state index contributed by atoms with van der Waals surface area (Å²) in [6.07, 6.45) is 1.33. The number of benzene rings is 2. The Morgan fingerprint density at radius 2 is 1.67 bits per heavy atom. The minimum absolute atomic E-state index is 0.128. The molecule has 0 aliphatic rings. The molecule has 2 aromatic carbocycles. The summed E-state index contributed by atoms with van der Waals surface area (Å²) in [5.74, 6) is -0.975. The van der Waals surface area contributed by atoms with E-state index >= 15 is 0 Å². The molecule has 0 spiro atoms. The highest BCUT2D eigenvalue weighted by molar-refractivity contribution is 6.37. The molecule has 0 fully saturated rings. The molecule has 5 heteroatoms. The average molecular weight is 320 g/mol. The van der Waals surface area contributed by atoms with E-state index < -0.39 is 11.6 Å². The predicted octanol–water partition coefficient (Wildman–Crippen LogP) is 4.92. The lowest BCUT2D eigenvalue weighted by Crippen LogP contribution is -2.02. The van der Waals surface area contributed by atoms with Gasteiger partial charge in [0.25, 0.3) is 0 Å². The largest absolute Gasteiger partial charge is 0.288 e. The first-order valence-corrected chi connectivity index (χ1v) is 6.64. The lowest BCUT2D eigenvalue weighted by Gasteiger charge is -2.03. The quantitative estimate of drug-likeness (QED) is 0.457. The van der Waals surface area contributed by atoms with Crippen LogP contribution in [0.2, 0.25) is 10.0 Å². The second-order valence-corrected chi connectivity index (χ2v) is 4.96. The number of halogens is 3. The molecule has 2 aromatic rings. The summed E-state index contributed by atoms with van der Waals surface area (Å²) >= 11 is 12.0. The van der Waals surface area contributed by atoms with E-state index in [1.807, 2.05) is 6.07 Å². The lowest BCUT2D eigenvalue weighted by molar-refractivity contribution is 0.104. The van der Waals surface area contributed by atoms with Crippen molar-refractivity contribution < 1.29 is 9.18 Å². The van der Waals surface area contributed by atoms with Crippen LogP contribution in [0.1, 0.15) is 15.9 Å². The number of carbonyl (C=O) groups excluding carboxylic acids is 1. The van der Waals surface area contributed by atoms with Crippen LogP contribution < -0.4 is 0 Å². The van der Waals surface area contributed by atoms with E-state index in [-0.39, 0.29) is 11.1 Å². The standard InChI is InChI=1S/C16H8Cl2FNO/c17-14-2-1-3-15(18)13(14)8-11(9-20)16(21)10-4-6-12(19)7-5-10/h1-8H/b11-8+. The van der Waals surface area contributed by atoms with E-state index in [4.69, 9.17) is 28.5 Å². The molecular weight excluding hydrogens is 312 g/mol. The SMILES string of the molecule is N#C/C(=C\c1c(Cl)cccc1Cl)C(=O)c1ccc(F)cc1. The lowest BCUT2D eigenvalue weighted by atomic mass is 10.0. The zero-order chi connectivity index (χ0) is 15.4. The molecule has 2 rings (SSSR count). The smallest absolute Gasteiger partial charge is 0.203 e. The second kappa shape index (κ2) is 6.53. The van der Waals surface area contributed by atoms with Crippen molar-refractivity contribution in [2.45, 2.75) is 0 Å². The highest BCUT2D eigenvalue weighted by Crippen LogP contribution is 2.27. The summed E-state index contributed by atoms with van der Waals surface area (Å²) in [6.45, 7) is 0. The van der Waals surface area contributed by atoms with Gasteiger partial charge in [0.15, 0.2) is 0 Å². The second-order valence-electron chi connectivity index (χ2n) is 4.14. The van der Waals surface area contributed by atoms with Gasteiger partial charge in [-0.15, -0.1) is 0 Å². The van der Waals surface area contributed by atoms with Gasteiger partial charge in [0, 0.05) is 21.2 Å². The molecule has 104 valence electrons. The van der Waals surface area contributed by atoms with Gasteiger partial charge in [0.1, 0.15) is 17.5 Å². The van der Waals surface area contributed by atoms with E-state index in [1.54, 1.807) is 18.2 Å². The first-order valence-electron chi connectivity index (χ1n) is 5.89. The topological polar surface area (TPSA) is 40.9 Å². The van der Waals surface area contributed by atoms with Gasteiger partial charge in [-0.3, -0.25) is 4.79 Å². The van der Waals surface area contributed by atoms with Gasteiger partial charge >= 0.3 is 0 Å². The molecule has 21 heavy (non-hydrogen) atoms. The Morgan fingerprint density at radius 1 is 1.10 bits per heavy atom. The van der Waals surface area contributed by atoms with Gasteiger partial charge in [-0.2, -0.15) is 5.26 Å². The molecular formula is C16H8Cl2FNO. The van der Waals surface area contributed by atoms with Gasteiger partial charge in [-0.25, -0.2) is 4.39 Å². The van der Waals surface area contributed by atoms with Crippen LogP contribution in [-0.4, -0.2) is 5.78 Å². The summed E-state index contributed by atoms with van der Waals surface area (Å²) in [7, 11) is 0. The summed E-state index contributed by atoms with van der Waals surface area (Å²) in [4.78, 5) is 12.2. The van der Waals surface area contributed by atoms with Crippen LogP contribution in [-0.2, 0) is 0 Å². The molecule has 0 radical (unpaired) electrons. The number of hydrogen-bond donors (Lipinski definition) is 0. The zero-order valence-electron chi connectivity index (χ0n) is 10.6. The monoisotopic (exact) mass is 319 g/mol. The number of Topliss-reactive ketones (excluding diaryl/α,β-unsaturated/α-hetero) is 1. The maximum absolute atomic E-state index is 12.9. The molecule has 0 N–H and O–H groups in total. The average Bonchev–Trinajstić information content (AvgIpc) is 2.47. The van der Waals surface area contributed by atoms with E-state index in [0.29, 0.717) is 15.6 Å². The van der Waals surface area contributed by atoms with E-state index in [2.05, 4.69) is 0 Å². The van der Waals surface area contributed by atoms with Crippen LogP contribution in [0.3, 0.4) is 0 Å². The van der Waals surface area contributed by atoms with Crippen LogP contribution in [0, 0.1) is 17.1 Å². The van der Waals surface area contributed by atoms with Crippen molar-refractivity contribution in [2.24, 2.45) is 0 Å². The van der Waals surface area contributed by atoms with Crippen molar-refractivity contribution >= 4 is 35.1 Å². The fourth-order valence-electron chi connectivity index (χ4n) is 1.70. The summed E-state index contributed by atoms with van der Waals surface area (Å²) < 4.78 is 12.9. The van der Waals surface area contributed by atoms with Crippen LogP contribution in [0.15, 0.2) is 48.0 Å². The third-order valence-electron chi connectivity index (χ3n) is 2.76. The van der Waals surface area contributed by atoms with Crippen molar-refractivity contribution in [1.82, 2.24) is 0 Å². The van der Waals surface area contributed by atoms with E-state index in [1.165, 1.54) is 18.2 Å². The number of allylic oxidation sites excluding steroid dienone is 1. The molecule has 0 bridgehead atoms. The number of nitriles is 1. The van der Waals surface area contributed by atoms with Gasteiger partial charge in [-0.1, -0.05) is 29.3 Å². The molecule has 0 aliphatic carbocycles. The summed E-state index contributed by atoms with van der Waals surface area (Å²) in [6, 6.07) is 11.6. The van der Waals surface area contributed by atoms with Crippen molar-refractivity contribution in [3.63, 3.8) is 0 Å². The first-order chi connectivity index (χ1) is 10.0. The Morgan fingerprint density at radius 3 is 2.19 bits per heavy atom. The molecule has 0 atom stereocenters. The van der Waals surface area contributed by atoms with E-state index in [9.17, 15) is 9.18 Å². The fraction of sp³-hybridized carbons (Fsp3) is 0. The van der Waals surface area contributed by atoms with Crippen LogP contribution in [0.25, 0.3) is 6.08 Å². The van der Waals surface area contributed by atoms with Gasteiger partial charge in [-0.05, 0) is 42.5 Å². The molecule has 0 aromatic heterocycles. The maximum atomic E-state index is 12.9. The molecule has 0 saturated heterocycles. The van der Waals surface area contributed by atoms with Crippen LogP contribution in [0.4, 0.5) is 4.39 Å². The van der Waals surface area contributed by atoms with Crippen LogP contribution >= 0.6 is 23.2 Å². The highest BCUT2D eigenvalue weighted by atomic mass is 35.5. The van der Waals surface area contributed by atoms with E-state index in [0.717, 1.165) is 12.1 Å². The predicted molar refractivity (Wildman–Crippen MR) is 80.8 cm³/mol. The minimum Gasteiger partial charge on any atom is -0.288 e. The van der Waals surface area contributed by atoms with Crippen molar-refractivity contribution in [3.8, 4) is 6.07 Å². The third-order valence-corrected chi connectivity index (χ3v) is 3.42. The molecule has 2 nitrogen and oxygen atoms in total. The highest BCUT2D eigenvalue weighted by Gasteiger charge is 2.14. The number of ketones is 1. The van der Waals surface area contributed by atoms with Crippen molar-refractivity contribution in [1.29, 1.82) is 5.26 Å². The third kappa shape index (κ3) is 3.49. The Labute approximate surface area is 131 Å². The normalized spacial score (nSPS) is 11.0. The summed E-state index contributed by atoms with van der Waals surface area (Å²) in [5.41, 5.74) is 0.483. The Kier molecular flexibility index (Phi) is 4.74. The van der Waals surface area contributed by atoms with Gasteiger partial charge < -0.3 is 0 Å². The van der Waals surface area contributed by atoms with Crippen molar-refractivity contribution in [3.05, 3.63) is 75.0 Å². The van der Waals surface area contributed by atoms with Gasteiger partial charge in [0.2, 0.25) is 5.78 Å². The number of carbonyl (C=O) groups is 1. The summed E-state index contributed by atoms with van der Waals surface area (Å²) in [5, 5.41) is 9.83. The fourth-order valence-corrected chi connectivity index (χ4v) is 2.20. The van der Waals surface area contributed by atoms with Gasteiger partial charge in [0.05, 0.1) is 0 Å². The van der Waals surface area contributed by atoms with Crippen molar-refractivity contribution in [2.75, 3.05) is 0 Å². The first kappa shape index (κ1) is 15.2. The maximum Gasteiger partial charge on any atom is 0.203 e. The number of hydrogen-bond acceptors (Lipinski definition) is 2. The number of nitrogens with zero attached hydrogens (tertiary/aromatic N) is 1. The number of rotatable bonds is 3. The molecule has 0 saturated carbocycles. The minimum atomic E-state index is -0.520. The molecule has 0 amide bonds. The Balaban J connectivity index is 2.45. The molecule has 0 heterocycles. The Hall–Kier alpha value is -2.15. The molecule has 0 unspecified atom stereocenters. The van der Waals surface area contributed by atoms with Crippen LogP contribution in [0.5, 0.6) is 0 Å². The zero-order valence-corrected chi connectivity index (χ0v) is 12.1. The Bertz CT molecular complexity index is 741.